The summed E-state index contributed by atoms with van der Waals surface area (Å²) in [5.74, 6) is -1.39. The second kappa shape index (κ2) is 11.1. The minimum atomic E-state index is -1.59. The van der Waals surface area contributed by atoms with Gasteiger partial charge in [-0.15, -0.1) is 0 Å². The van der Waals surface area contributed by atoms with Gasteiger partial charge in [-0.25, -0.2) is 0 Å². The van der Waals surface area contributed by atoms with E-state index in [9.17, 15) is 29.7 Å². The third-order valence-corrected chi connectivity index (χ3v) is 10.2. The van der Waals surface area contributed by atoms with E-state index in [-0.39, 0.29) is 42.1 Å². The number of oxime groups is 1. The van der Waals surface area contributed by atoms with E-state index in [1.54, 1.807) is 0 Å². The highest BCUT2D eigenvalue weighted by Crippen LogP contribution is 2.67. The van der Waals surface area contributed by atoms with Crippen LogP contribution in [0.1, 0.15) is 78.1 Å². The van der Waals surface area contributed by atoms with Gasteiger partial charge in [0.15, 0.2) is 12.4 Å². The van der Waals surface area contributed by atoms with E-state index in [1.165, 1.54) is 5.57 Å². The molecule has 0 aliphatic heterocycles. The van der Waals surface area contributed by atoms with Crippen LogP contribution in [-0.2, 0) is 19.2 Å². The molecule has 5 N–H and O–H groups in total. The topological polar surface area (TPSA) is 166 Å². The molecule has 1 amide bonds. The smallest absolute Gasteiger partial charge is 0.303 e. The molecule has 0 aromatic carbocycles. The number of nitrogens with one attached hydrogen (secondary N) is 1. The fourth-order valence-corrected chi connectivity index (χ4v) is 8.22. The molecule has 0 aromatic rings. The molecule has 3 fully saturated rings. The average molecular weight is 535 g/mol. The Labute approximate surface area is 223 Å². The number of ketones is 1. The molecule has 3 saturated carbocycles. The van der Waals surface area contributed by atoms with Crippen LogP contribution in [0.3, 0.4) is 0 Å². The fraction of sp³-hybridized carbons (Fsp3) is 0.786. The number of carbonyl (C=O) groups is 3. The third-order valence-electron chi connectivity index (χ3n) is 10.2. The van der Waals surface area contributed by atoms with Crippen molar-refractivity contribution in [1.29, 1.82) is 0 Å². The lowest BCUT2D eigenvalue weighted by molar-refractivity contribution is -0.181. The summed E-state index contributed by atoms with van der Waals surface area (Å²) in [5, 5.41) is 47.9. The lowest BCUT2D eigenvalue weighted by Crippen LogP contribution is -2.62. The molecule has 7 atom stereocenters. The van der Waals surface area contributed by atoms with E-state index < -0.39 is 35.5 Å². The summed E-state index contributed by atoms with van der Waals surface area (Å²) in [4.78, 5) is 40.4. The maximum Gasteiger partial charge on any atom is 0.303 e. The van der Waals surface area contributed by atoms with Gasteiger partial charge in [0.1, 0.15) is 12.2 Å². The van der Waals surface area contributed by atoms with Crippen LogP contribution in [0.15, 0.2) is 16.8 Å². The molecule has 0 saturated heterocycles. The molecule has 4 rings (SSSR count). The first-order valence-electron chi connectivity index (χ1n) is 13.9. The van der Waals surface area contributed by atoms with Crippen LogP contribution in [-0.4, -0.2) is 75.3 Å². The van der Waals surface area contributed by atoms with Crippen LogP contribution < -0.4 is 5.32 Å². The second-order valence-corrected chi connectivity index (χ2v) is 12.1. The van der Waals surface area contributed by atoms with Crippen molar-refractivity contribution < 1.29 is 39.6 Å². The zero-order valence-corrected chi connectivity index (χ0v) is 22.4. The Hall–Kier alpha value is -2.30. The van der Waals surface area contributed by atoms with Gasteiger partial charge in [-0.05, 0) is 87.0 Å². The summed E-state index contributed by atoms with van der Waals surface area (Å²) in [6.07, 6.45) is 7.05. The number of carbonyl (C=O) groups excluding carboxylic acids is 2. The number of carboxylic acid groups (broad SMARTS) is 1. The maximum atomic E-state index is 12.6. The largest absolute Gasteiger partial charge is 0.481 e. The number of hydrogen-bond acceptors (Lipinski definition) is 8. The molecule has 212 valence electrons. The molecule has 4 aliphatic carbocycles. The van der Waals surface area contributed by atoms with Crippen molar-refractivity contribution in [3.8, 4) is 0 Å². The Kier molecular flexibility index (Phi) is 8.35. The molecule has 7 unspecified atom stereocenters. The number of allylic oxidation sites excluding steroid dienone is 2. The molecule has 10 heteroatoms. The second-order valence-electron chi connectivity index (χ2n) is 12.1. The van der Waals surface area contributed by atoms with Crippen molar-refractivity contribution >= 4 is 23.4 Å². The lowest BCUT2D eigenvalue weighted by atomic mass is 9.45. The van der Waals surface area contributed by atoms with Gasteiger partial charge < -0.3 is 30.6 Å². The predicted molar refractivity (Wildman–Crippen MR) is 138 cm³/mol. The molecule has 0 heterocycles. The zero-order valence-electron chi connectivity index (χ0n) is 22.4. The summed E-state index contributed by atoms with van der Waals surface area (Å²) >= 11 is 0. The SMILES string of the molecule is CC12CCC(=NOCC(=O)NCCCCC(=O)O)C=C1CCC1C2C(O)CC2(C)C1CCC2(O)C(=O)CO. The Morgan fingerprint density at radius 3 is 2.63 bits per heavy atom. The minimum Gasteiger partial charge on any atom is -0.481 e. The highest BCUT2D eigenvalue weighted by atomic mass is 16.6. The van der Waals surface area contributed by atoms with E-state index in [4.69, 9.17) is 9.94 Å². The Morgan fingerprint density at radius 2 is 1.92 bits per heavy atom. The Bertz CT molecular complexity index is 1010. The van der Waals surface area contributed by atoms with Crippen LogP contribution in [0.25, 0.3) is 0 Å². The number of aliphatic hydroxyl groups is 3. The first kappa shape index (κ1) is 28.7. The zero-order chi connectivity index (χ0) is 27.7. The Morgan fingerprint density at radius 1 is 1.16 bits per heavy atom. The molecule has 4 aliphatic rings. The van der Waals surface area contributed by atoms with E-state index in [0.29, 0.717) is 45.1 Å². The van der Waals surface area contributed by atoms with Crippen molar-refractivity contribution in [2.75, 3.05) is 19.8 Å². The number of aliphatic carboxylic acids is 1. The van der Waals surface area contributed by atoms with Crippen LogP contribution in [0.2, 0.25) is 0 Å². The van der Waals surface area contributed by atoms with Crippen LogP contribution in [0.4, 0.5) is 0 Å². The minimum absolute atomic E-state index is 0.0153. The number of hydrogen-bond donors (Lipinski definition) is 5. The van der Waals surface area contributed by atoms with E-state index >= 15 is 0 Å². The molecule has 38 heavy (non-hydrogen) atoms. The van der Waals surface area contributed by atoms with Gasteiger partial charge in [-0.1, -0.05) is 24.6 Å². The fourth-order valence-electron chi connectivity index (χ4n) is 8.22. The highest BCUT2D eigenvalue weighted by Gasteiger charge is 2.68. The monoisotopic (exact) mass is 534 g/mol. The van der Waals surface area contributed by atoms with Gasteiger partial charge >= 0.3 is 5.97 Å². The number of nitrogens with zero attached hydrogens (tertiary/aromatic N) is 1. The molecular formula is C28H42N2O8. The third kappa shape index (κ3) is 5.02. The van der Waals surface area contributed by atoms with Crippen LogP contribution >= 0.6 is 0 Å². The van der Waals surface area contributed by atoms with E-state index in [0.717, 1.165) is 25.0 Å². The van der Waals surface area contributed by atoms with Crippen LogP contribution in [0, 0.1) is 28.6 Å². The summed E-state index contributed by atoms with van der Waals surface area (Å²) in [6, 6.07) is 0. The van der Waals surface area contributed by atoms with Gasteiger partial charge in [-0.2, -0.15) is 0 Å². The first-order valence-corrected chi connectivity index (χ1v) is 13.9. The summed E-state index contributed by atoms with van der Waals surface area (Å²) in [6.45, 7) is 3.62. The van der Waals surface area contributed by atoms with E-state index in [1.807, 2.05) is 13.0 Å². The number of amides is 1. The number of carboxylic acids is 1. The van der Waals surface area contributed by atoms with Crippen molar-refractivity contribution in [2.24, 2.45) is 33.7 Å². The molecule has 0 bridgehead atoms. The van der Waals surface area contributed by atoms with Crippen molar-refractivity contribution in [3.05, 3.63) is 11.6 Å². The average Bonchev–Trinajstić information content (AvgIpc) is 3.13. The summed E-state index contributed by atoms with van der Waals surface area (Å²) < 4.78 is 0. The van der Waals surface area contributed by atoms with E-state index in [2.05, 4.69) is 17.4 Å². The van der Waals surface area contributed by atoms with Crippen molar-refractivity contribution in [3.63, 3.8) is 0 Å². The molecule has 10 nitrogen and oxygen atoms in total. The predicted octanol–water partition coefficient (Wildman–Crippen LogP) is 1.96. The molecule has 0 aromatic heterocycles. The number of rotatable bonds is 10. The van der Waals surface area contributed by atoms with Gasteiger partial charge in [-0.3, -0.25) is 14.4 Å². The van der Waals surface area contributed by atoms with Crippen LogP contribution in [0.5, 0.6) is 0 Å². The number of fused-ring (bicyclic) bond motifs is 5. The number of Topliss-reactive ketones (excluding diaryl/α,β-unsaturated/α-hetero) is 1. The molecule has 0 radical (unpaired) electrons. The quantitative estimate of drug-likeness (QED) is 0.210. The number of unbranched alkanes of at least 4 members (excludes halogenated alkanes) is 1. The highest BCUT2D eigenvalue weighted by molar-refractivity contribution is 5.96. The van der Waals surface area contributed by atoms with Gasteiger partial charge in [0.25, 0.3) is 5.91 Å². The van der Waals surface area contributed by atoms with Crippen molar-refractivity contribution in [2.45, 2.75) is 89.8 Å². The molecular weight excluding hydrogens is 492 g/mol. The molecule has 0 spiro atoms. The standard InChI is InChI=1S/C28H42N2O8/c1-26-10-8-18(30-38-16-23(34)29-12-4-3-5-24(35)36)13-17(26)6-7-19-20-9-11-28(37,22(33)15-31)27(20,2)14-21(32)25(19)26/h13,19-21,25,31-32,37H,3-12,14-16H2,1-2H3,(H,29,34)(H,35,36). The van der Waals surface area contributed by atoms with Crippen molar-refractivity contribution in [1.82, 2.24) is 5.32 Å². The number of aliphatic hydroxyl groups excluding tert-OH is 2. The Balaban J connectivity index is 1.39. The summed E-state index contributed by atoms with van der Waals surface area (Å²) in [7, 11) is 0. The summed E-state index contributed by atoms with van der Waals surface area (Å²) in [5.41, 5.74) is -0.583. The maximum absolute atomic E-state index is 12.6. The first-order chi connectivity index (χ1) is 18.0. The van der Waals surface area contributed by atoms with Gasteiger partial charge in [0.05, 0.1) is 11.8 Å². The normalized spacial score (nSPS) is 39.0. The van der Waals surface area contributed by atoms with Gasteiger partial charge in [0.2, 0.25) is 0 Å². The lowest BCUT2D eigenvalue weighted by Gasteiger charge is -2.60. The van der Waals surface area contributed by atoms with Gasteiger partial charge in [0, 0.05) is 18.4 Å².